The lowest BCUT2D eigenvalue weighted by Crippen LogP contribution is -2.59. The number of ketones is 2. The smallest absolute Gasteiger partial charge is 0.238 e. The summed E-state index contributed by atoms with van der Waals surface area (Å²) in [4.78, 5) is 60.6. The van der Waals surface area contributed by atoms with Gasteiger partial charge in [0.2, 0.25) is 11.8 Å². The van der Waals surface area contributed by atoms with E-state index in [0.717, 1.165) is 17.6 Å². The summed E-state index contributed by atoms with van der Waals surface area (Å²) in [6, 6.07) is 27.8. The van der Waals surface area contributed by atoms with Gasteiger partial charge < -0.3 is 9.84 Å². The zero-order valence-electron chi connectivity index (χ0n) is 28.5. The van der Waals surface area contributed by atoms with Crippen molar-refractivity contribution >= 4 is 66.5 Å². The molecule has 4 aliphatic rings. The van der Waals surface area contributed by atoms with E-state index >= 15 is 9.59 Å². The van der Waals surface area contributed by atoms with Crippen LogP contribution in [-0.2, 0) is 31.0 Å². The number of rotatable bonds is 6. The topological polar surface area (TPSA) is 101 Å². The standard InChI is InChI=1S/C43H35Br2NO6/c1-3-23-14-16-26(17-15-23)46-41(50)28-19-18-27-30(35(28)42(46)51)20-32-39(48)29(24-10-6-4-7-11-24)22-34(47)43(32,25-12-8-5-9-13-25)36(27)31-21-33(52-2)40(49)38(45)37(31)44/h4-18,21-22,28,30,32,35-36,49H,3,19-20H2,1-2H3/t28-,30+,32-,35-,36+,43-/m0/s1. The number of amides is 2. The maximum Gasteiger partial charge on any atom is 0.238 e. The minimum atomic E-state index is -1.42. The molecule has 0 unspecified atom stereocenters. The minimum absolute atomic E-state index is 0.118. The summed E-state index contributed by atoms with van der Waals surface area (Å²) < 4.78 is 6.47. The Morgan fingerprint density at radius 3 is 2.19 bits per heavy atom. The van der Waals surface area contributed by atoms with Crippen molar-refractivity contribution < 1.29 is 29.0 Å². The van der Waals surface area contributed by atoms with Crippen LogP contribution in [0.5, 0.6) is 11.5 Å². The zero-order chi connectivity index (χ0) is 36.5. The summed E-state index contributed by atoms with van der Waals surface area (Å²) in [6.07, 6.45) is 4.85. The van der Waals surface area contributed by atoms with Gasteiger partial charge in [0.1, 0.15) is 0 Å². The average Bonchev–Trinajstić information content (AvgIpc) is 3.44. The van der Waals surface area contributed by atoms with Crippen molar-refractivity contribution in [2.45, 2.75) is 37.5 Å². The number of fused-ring (bicyclic) bond motifs is 4. The van der Waals surface area contributed by atoms with Crippen LogP contribution in [0.3, 0.4) is 0 Å². The van der Waals surface area contributed by atoms with Crippen LogP contribution in [0.25, 0.3) is 5.57 Å². The fourth-order valence-corrected chi connectivity index (χ4v) is 10.3. The first-order chi connectivity index (χ1) is 25.1. The van der Waals surface area contributed by atoms with Gasteiger partial charge in [-0.2, -0.15) is 0 Å². The number of carbonyl (C=O) groups excluding carboxylic acids is 4. The molecule has 0 spiro atoms. The van der Waals surface area contributed by atoms with E-state index in [4.69, 9.17) is 4.74 Å². The summed E-state index contributed by atoms with van der Waals surface area (Å²) in [5.41, 5.74) is 3.30. The maximum atomic E-state index is 15.3. The highest BCUT2D eigenvalue weighted by molar-refractivity contribution is 9.13. The number of nitrogens with zero attached hydrogens (tertiary/aromatic N) is 1. The Balaban J connectivity index is 1.38. The molecule has 262 valence electrons. The molecule has 52 heavy (non-hydrogen) atoms. The molecule has 4 aromatic carbocycles. The summed E-state index contributed by atoms with van der Waals surface area (Å²) in [5, 5.41) is 11.0. The zero-order valence-corrected chi connectivity index (χ0v) is 31.7. The predicted molar refractivity (Wildman–Crippen MR) is 205 cm³/mol. The summed E-state index contributed by atoms with van der Waals surface area (Å²) in [7, 11) is 1.46. The number of hydrogen-bond donors (Lipinski definition) is 1. The predicted octanol–water partition coefficient (Wildman–Crippen LogP) is 8.52. The van der Waals surface area contributed by atoms with E-state index in [1.807, 2.05) is 97.9 Å². The van der Waals surface area contributed by atoms with E-state index in [2.05, 4.69) is 31.9 Å². The van der Waals surface area contributed by atoms with Gasteiger partial charge >= 0.3 is 0 Å². The first-order valence-corrected chi connectivity index (χ1v) is 19.0. The molecule has 0 radical (unpaired) electrons. The molecule has 3 aliphatic carbocycles. The molecule has 2 amide bonds. The number of carbonyl (C=O) groups is 4. The van der Waals surface area contributed by atoms with E-state index in [0.29, 0.717) is 43.3 Å². The van der Waals surface area contributed by atoms with Crippen molar-refractivity contribution in [3.8, 4) is 11.5 Å². The van der Waals surface area contributed by atoms with Gasteiger partial charge in [-0.3, -0.25) is 24.1 Å². The van der Waals surface area contributed by atoms with Crippen LogP contribution < -0.4 is 9.64 Å². The number of halogens is 2. The van der Waals surface area contributed by atoms with E-state index in [1.165, 1.54) is 18.1 Å². The second kappa shape index (κ2) is 13.1. The molecule has 1 aliphatic heterocycles. The van der Waals surface area contributed by atoms with Crippen LogP contribution in [0.2, 0.25) is 0 Å². The first kappa shape index (κ1) is 34.5. The molecule has 9 heteroatoms. The lowest BCUT2D eigenvalue weighted by molar-refractivity contribution is -0.135. The number of allylic oxidation sites excluding steroid dienone is 4. The van der Waals surface area contributed by atoms with Gasteiger partial charge in [-0.1, -0.05) is 91.4 Å². The molecule has 1 N–H and O–H groups in total. The number of imide groups is 1. The van der Waals surface area contributed by atoms with Gasteiger partial charge in [-0.25, -0.2) is 0 Å². The Labute approximate surface area is 318 Å². The van der Waals surface area contributed by atoms with Gasteiger partial charge in [0.15, 0.2) is 23.1 Å². The van der Waals surface area contributed by atoms with Gasteiger partial charge in [0.05, 0.1) is 34.5 Å². The third-order valence-electron chi connectivity index (χ3n) is 11.7. The van der Waals surface area contributed by atoms with Crippen molar-refractivity contribution in [1.82, 2.24) is 0 Å². The van der Waals surface area contributed by atoms with Crippen LogP contribution in [0.15, 0.2) is 118 Å². The molecule has 4 aromatic rings. The second-order valence-corrected chi connectivity index (χ2v) is 15.5. The van der Waals surface area contributed by atoms with Gasteiger partial charge in [-0.15, -0.1) is 0 Å². The number of hydrogen-bond acceptors (Lipinski definition) is 6. The number of benzene rings is 4. The monoisotopic (exact) mass is 819 g/mol. The number of methoxy groups -OCH3 is 1. The molecule has 0 aromatic heterocycles. The number of phenols is 1. The molecule has 8 rings (SSSR count). The SMILES string of the molecule is CCc1ccc(N2C(=O)[C@H]3[C@H](CC=C4[C@H]3C[C@H]3C(=O)C(c5ccccc5)=CC(=O)[C@@]3(c3ccccc3)[C@H]4c3cc(OC)c(O)c(Br)c3Br)C2=O)cc1. The Morgan fingerprint density at radius 1 is 0.865 bits per heavy atom. The third-order valence-corrected chi connectivity index (χ3v) is 13.8. The molecule has 1 saturated heterocycles. The Kier molecular flexibility index (Phi) is 8.70. The average molecular weight is 822 g/mol. The quantitative estimate of drug-likeness (QED) is 0.155. The number of phenolic OH excluding ortho intramolecular Hbond substituents is 1. The Morgan fingerprint density at radius 2 is 1.54 bits per heavy atom. The fraction of sp³-hybridized carbons (Fsp3) is 0.256. The van der Waals surface area contributed by atoms with Crippen molar-refractivity contribution in [3.63, 3.8) is 0 Å². The lowest BCUT2D eigenvalue weighted by atomic mass is 9.44. The summed E-state index contributed by atoms with van der Waals surface area (Å²) in [5.74, 6) is -4.43. The number of anilines is 1. The molecule has 2 fully saturated rings. The van der Waals surface area contributed by atoms with E-state index in [-0.39, 0.29) is 41.3 Å². The fourth-order valence-electron chi connectivity index (χ4n) is 9.33. The highest BCUT2D eigenvalue weighted by atomic mass is 79.9. The van der Waals surface area contributed by atoms with Crippen LogP contribution in [0, 0.1) is 23.7 Å². The van der Waals surface area contributed by atoms with Crippen molar-refractivity contribution in [2.24, 2.45) is 23.7 Å². The molecule has 6 atom stereocenters. The van der Waals surface area contributed by atoms with Crippen LogP contribution >= 0.6 is 31.9 Å². The first-order valence-electron chi connectivity index (χ1n) is 17.5. The highest BCUT2D eigenvalue weighted by Crippen LogP contribution is 2.65. The number of Topliss-reactive ketones (excluding diaryl/α,β-unsaturated/α-hetero) is 1. The molecule has 1 heterocycles. The normalized spacial score (nSPS) is 26.7. The Hall–Kier alpha value is -4.60. The largest absolute Gasteiger partial charge is 0.503 e. The summed E-state index contributed by atoms with van der Waals surface area (Å²) in [6.45, 7) is 2.05. The van der Waals surface area contributed by atoms with E-state index in [1.54, 1.807) is 6.07 Å². The molecular weight excluding hydrogens is 786 g/mol. The minimum Gasteiger partial charge on any atom is -0.503 e. The number of ether oxygens (including phenoxy) is 1. The van der Waals surface area contributed by atoms with Crippen molar-refractivity contribution in [1.29, 1.82) is 0 Å². The van der Waals surface area contributed by atoms with Crippen LogP contribution in [-0.4, -0.2) is 35.6 Å². The Bertz CT molecular complexity index is 2210. The lowest BCUT2D eigenvalue weighted by Gasteiger charge is -2.55. The van der Waals surface area contributed by atoms with Gasteiger partial charge in [0, 0.05) is 21.9 Å². The number of aryl methyl sites for hydroxylation is 1. The maximum absolute atomic E-state index is 15.3. The van der Waals surface area contributed by atoms with E-state index < -0.39 is 35.0 Å². The van der Waals surface area contributed by atoms with Crippen molar-refractivity contribution in [2.75, 3.05) is 12.0 Å². The molecular formula is C43H35Br2NO6. The summed E-state index contributed by atoms with van der Waals surface area (Å²) >= 11 is 7.29. The van der Waals surface area contributed by atoms with Crippen LogP contribution in [0.1, 0.15) is 47.9 Å². The molecule has 1 saturated carbocycles. The second-order valence-electron chi connectivity index (χ2n) is 14.0. The van der Waals surface area contributed by atoms with Crippen LogP contribution in [0.4, 0.5) is 5.69 Å². The highest BCUT2D eigenvalue weighted by Gasteiger charge is 2.66. The van der Waals surface area contributed by atoms with Gasteiger partial charge in [0.25, 0.3) is 0 Å². The third kappa shape index (κ3) is 4.95. The molecule has 7 nitrogen and oxygen atoms in total. The van der Waals surface area contributed by atoms with Crippen molar-refractivity contribution in [3.05, 3.63) is 140 Å². The number of aromatic hydroxyl groups is 1. The van der Waals surface area contributed by atoms with Gasteiger partial charge in [-0.05, 0) is 104 Å². The van der Waals surface area contributed by atoms with E-state index in [9.17, 15) is 14.7 Å². The molecule has 0 bridgehead atoms.